The van der Waals surface area contributed by atoms with Crippen molar-refractivity contribution >= 4 is 17.5 Å². The van der Waals surface area contributed by atoms with E-state index in [0.717, 1.165) is 16.7 Å². The van der Waals surface area contributed by atoms with Gasteiger partial charge in [-0.05, 0) is 57.7 Å². The van der Waals surface area contributed by atoms with Crippen LogP contribution in [-0.4, -0.2) is 36.5 Å². The van der Waals surface area contributed by atoms with Gasteiger partial charge >= 0.3 is 6.03 Å². The van der Waals surface area contributed by atoms with Gasteiger partial charge in [0.05, 0.1) is 5.54 Å². The topological polar surface area (TPSA) is 61.4 Å². The second kappa shape index (κ2) is 8.39. The first-order valence-corrected chi connectivity index (χ1v) is 9.36. The standard InChI is InChI=1S/C21H31N3O2/c1-6-22-19(25)16-10-12-24(13-11-16)20(26)23-21(4,5)18-9-7-8-17(14-18)15(2)3/h7-9,14,16H,2,6,10-13H2,1,3-5H3,(H,22,25)(H,23,26). The first-order chi connectivity index (χ1) is 12.2. The van der Waals surface area contributed by atoms with Crippen LogP contribution < -0.4 is 10.6 Å². The number of allylic oxidation sites excluding steroid dienone is 1. The molecule has 1 aromatic carbocycles. The molecule has 1 heterocycles. The van der Waals surface area contributed by atoms with Crippen LogP contribution in [0.4, 0.5) is 4.79 Å². The van der Waals surface area contributed by atoms with Gasteiger partial charge in [0.25, 0.3) is 0 Å². The van der Waals surface area contributed by atoms with Crippen molar-refractivity contribution in [3.63, 3.8) is 0 Å². The van der Waals surface area contributed by atoms with Crippen LogP contribution in [0.25, 0.3) is 5.57 Å². The largest absolute Gasteiger partial charge is 0.356 e. The highest BCUT2D eigenvalue weighted by atomic mass is 16.2. The Morgan fingerprint density at radius 3 is 2.50 bits per heavy atom. The lowest BCUT2D eigenvalue weighted by Crippen LogP contribution is -2.51. The zero-order valence-corrected chi connectivity index (χ0v) is 16.4. The molecular weight excluding hydrogens is 326 g/mol. The molecule has 2 rings (SSSR count). The van der Waals surface area contributed by atoms with Gasteiger partial charge in [-0.3, -0.25) is 4.79 Å². The van der Waals surface area contributed by atoms with Crippen molar-refractivity contribution in [2.75, 3.05) is 19.6 Å². The molecule has 0 radical (unpaired) electrons. The van der Waals surface area contributed by atoms with Crippen LogP contribution in [0.1, 0.15) is 51.7 Å². The van der Waals surface area contributed by atoms with Crippen molar-refractivity contribution in [1.82, 2.24) is 15.5 Å². The van der Waals surface area contributed by atoms with Crippen LogP contribution in [-0.2, 0) is 10.3 Å². The Labute approximate surface area is 156 Å². The Hall–Kier alpha value is -2.30. The van der Waals surface area contributed by atoms with E-state index < -0.39 is 5.54 Å². The minimum atomic E-state index is -0.487. The summed E-state index contributed by atoms with van der Waals surface area (Å²) in [6.07, 6.45) is 1.43. The molecule has 3 amide bonds. The van der Waals surface area contributed by atoms with E-state index in [-0.39, 0.29) is 17.9 Å². The molecule has 0 unspecified atom stereocenters. The van der Waals surface area contributed by atoms with Crippen LogP contribution in [0.5, 0.6) is 0 Å². The third kappa shape index (κ3) is 4.87. The van der Waals surface area contributed by atoms with E-state index in [9.17, 15) is 9.59 Å². The molecule has 2 N–H and O–H groups in total. The van der Waals surface area contributed by atoms with Crippen LogP contribution in [0.2, 0.25) is 0 Å². The Morgan fingerprint density at radius 2 is 1.92 bits per heavy atom. The van der Waals surface area contributed by atoms with Crippen LogP contribution in [0.3, 0.4) is 0 Å². The molecule has 0 saturated carbocycles. The number of urea groups is 1. The van der Waals surface area contributed by atoms with Crippen molar-refractivity contribution in [1.29, 1.82) is 0 Å². The monoisotopic (exact) mass is 357 g/mol. The van der Waals surface area contributed by atoms with E-state index in [1.165, 1.54) is 0 Å². The van der Waals surface area contributed by atoms with E-state index in [1.54, 1.807) is 4.90 Å². The summed E-state index contributed by atoms with van der Waals surface area (Å²) in [5, 5.41) is 6.00. The lowest BCUT2D eigenvalue weighted by atomic mass is 9.91. The highest BCUT2D eigenvalue weighted by Crippen LogP contribution is 2.25. The molecule has 1 aliphatic rings. The second-order valence-electron chi connectivity index (χ2n) is 7.57. The summed E-state index contributed by atoms with van der Waals surface area (Å²) in [6.45, 7) is 13.8. The van der Waals surface area contributed by atoms with Gasteiger partial charge in [0, 0.05) is 25.6 Å². The molecule has 0 aliphatic carbocycles. The van der Waals surface area contributed by atoms with Gasteiger partial charge in [0.1, 0.15) is 0 Å². The first-order valence-electron chi connectivity index (χ1n) is 9.36. The normalized spacial score (nSPS) is 15.5. The summed E-state index contributed by atoms with van der Waals surface area (Å²) < 4.78 is 0. The zero-order valence-electron chi connectivity index (χ0n) is 16.4. The lowest BCUT2D eigenvalue weighted by Gasteiger charge is -2.35. The van der Waals surface area contributed by atoms with Crippen molar-refractivity contribution in [2.24, 2.45) is 5.92 Å². The zero-order chi connectivity index (χ0) is 19.3. The number of rotatable bonds is 5. The predicted octanol–water partition coefficient (Wildman–Crippen LogP) is 3.51. The van der Waals surface area contributed by atoms with Crippen molar-refractivity contribution < 1.29 is 9.59 Å². The summed E-state index contributed by atoms with van der Waals surface area (Å²) in [7, 11) is 0. The molecular formula is C21H31N3O2. The number of nitrogens with zero attached hydrogens (tertiary/aromatic N) is 1. The van der Waals surface area contributed by atoms with E-state index in [4.69, 9.17) is 0 Å². The third-order valence-corrected chi connectivity index (χ3v) is 5.00. The van der Waals surface area contributed by atoms with Crippen LogP contribution in [0, 0.1) is 5.92 Å². The maximum Gasteiger partial charge on any atom is 0.318 e. The molecule has 26 heavy (non-hydrogen) atoms. The molecule has 1 fully saturated rings. The Balaban J connectivity index is 1.98. The van der Waals surface area contributed by atoms with Crippen molar-refractivity contribution in [3.05, 3.63) is 42.0 Å². The fourth-order valence-electron chi connectivity index (χ4n) is 3.26. The SMILES string of the molecule is C=C(C)c1cccc(C(C)(C)NC(=O)N2CCC(C(=O)NCC)CC2)c1. The minimum Gasteiger partial charge on any atom is -0.356 e. The second-order valence-corrected chi connectivity index (χ2v) is 7.57. The number of amides is 3. The van der Waals surface area contributed by atoms with Gasteiger partial charge in [-0.1, -0.05) is 30.4 Å². The maximum atomic E-state index is 12.7. The average Bonchev–Trinajstić information content (AvgIpc) is 2.61. The average molecular weight is 357 g/mol. The first kappa shape index (κ1) is 20.0. The molecule has 1 aliphatic heterocycles. The van der Waals surface area contributed by atoms with Gasteiger partial charge in [-0.25, -0.2) is 4.79 Å². The van der Waals surface area contributed by atoms with Crippen LogP contribution in [0.15, 0.2) is 30.8 Å². The Morgan fingerprint density at radius 1 is 1.27 bits per heavy atom. The quantitative estimate of drug-likeness (QED) is 0.847. The van der Waals surface area contributed by atoms with Gasteiger partial charge in [-0.15, -0.1) is 0 Å². The van der Waals surface area contributed by atoms with Crippen molar-refractivity contribution in [2.45, 2.75) is 46.1 Å². The molecule has 1 aromatic rings. The number of carbonyl (C=O) groups excluding carboxylic acids is 2. The number of hydrogen-bond acceptors (Lipinski definition) is 2. The van der Waals surface area contributed by atoms with Crippen molar-refractivity contribution in [3.8, 4) is 0 Å². The van der Waals surface area contributed by atoms with Crippen LogP contribution >= 0.6 is 0 Å². The van der Waals surface area contributed by atoms with Gasteiger partial charge in [0.2, 0.25) is 5.91 Å². The molecule has 142 valence electrons. The smallest absolute Gasteiger partial charge is 0.318 e. The molecule has 0 aromatic heterocycles. The predicted molar refractivity (Wildman–Crippen MR) is 106 cm³/mol. The Bertz CT molecular complexity index is 674. The van der Waals surface area contributed by atoms with E-state index in [2.05, 4.69) is 23.3 Å². The highest BCUT2D eigenvalue weighted by molar-refractivity contribution is 5.80. The van der Waals surface area contributed by atoms with E-state index in [1.807, 2.05) is 45.9 Å². The lowest BCUT2D eigenvalue weighted by molar-refractivity contribution is -0.126. The number of nitrogens with one attached hydrogen (secondary N) is 2. The molecule has 0 bridgehead atoms. The number of likely N-dealkylation sites (tertiary alicyclic amines) is 1. The molecule has 0 atom stereocenters. The number of carbonyl (C=O) groups is 2. The molecule has 5 nitrogen and oxygen atoms in total. The Kier molecular flexibility index (Phi) is 6.46. The summed E-state index contributed by atoms with van der Waals surface area (Å²) in [4.78, 5) is 26.4. The summed E-state index contributed by atoms with van der Waals surface area (Å²) >= 11 is 0. The number of benzene rings is 1. The summed E-state index contributed by atoms with van der Waals surface area (Å²) in [5.41, 5.74) is 2.64. The molecule has 1 saturated heterocycles. The van der Waals surface area contributed by atoms with Gasteiger partial charge in [-0.2, -0.15) is 0 Å². The molecule has 5 heteroatoms. The van der Waals surface area contributed by atoms with Gasteiger partial charge in [0.15, 0.2) is 0 Å². The van der Waals surface area contributed by atoms with E-state index >= 15 is 0 Å². The van der Waals surface area contributed by atoms with Gasteiger partial charge < -0.3 is 15.5 Å². The minimum absolute atomic E-state index is 0.0132. The fourth-order valence-corrected chi connectivity index (χ4v) is 3.26. The van der Waals surface area contributed by atoms with E-state index in [0.29, 0.717) is 32.5 Å². The maximum absolute atomic E-state index is 12.7. The fraction of sp³-hybridized carbons (Fsp3) is 0.524. The highest BCUT2D eigenvalue weighted by Gasteiger charge is 2.30. The third-order valence-electron chi connectivity index (χ3n) is 5.00. The summed E-state index contributed by atoms with van der Waals surface area (Å²) in [6, 6.07) is 8.03. The summed E-state index contributed by atoms with van der Waals surface area (Å²) in [5.74, 6) is 0.115. The molecule has 0 spiro atoms. The number of piperidine rings is 1. The number of hydrogen-bond donors (Lipinski definition) is 2.